The molecule has 90 valence electrons. The summed E-state index contributed by atoms with van der Waals surface area (Å²) in [6.07, 6.45) is -3.89. The second kappa shape index (κ2) is 5.47. The molecule has 0 aromatic carbocycles. The van der Waals surface area contributed by atoms with Crippen molar-refractivity contribution < 1.29 is 13.2 Å². The monoisotopic (exact) mass is 253 g/mol. The van der Waals surface area contributed by atoms with Crippen LogP contribution in [0.5, 0.6) is 0 Å². The van der Waals surface area contributed by atoms with E-state index in [9.17, 15) is 13.2 Å². The molecule has 7 heteroatoms. The van der Waals surface area contributed by atoms with E-state index in [-0.39, 0.29) is 6.42 Å². The van der Waals surface area contributed by atoms with Crippen molar-refractivity contribution in [1.82, 2.24) is 10.4 Å². The van der Waals surface area contributed by atoms with Crippen molar-refractivity contribution >= 4 is 11.6 Å². The molecule has 1 heterocycles. The van der Waals surface area contributed by atoms with Crippen LogP contribution in [0.1, 0.15) is 24.6 Å². The predicted molar refractivity (Wildman–Crippen MR) is 54.6 cm³/mol. The Kier molecular flexibility index (Phi) is 4.52. The number of hydrazine groups is 1. The average molecular weight is 254 g/mol. The van der Waals surface area contributed by atoms with Crippen LogP contribution in [0.4, 0.5) is 13.2 Å². The van der Waals surface area contributed by atoms with E-state index in [1.807, 2.05) is 0 Å². The molecule has 3 N–H and O–H groups in total. The highest BCUT2D eigenvalue weighted by molar-refractivity contribution is 6.30. The number of pyridine rings is 1. The van der Waals surface area contributed by atoms with Gasteiger partial charge in [0.05, 0.1) is 16.8 Å². The van der Waals surface area contributed by atoms with Gasteiger partial charge in [0.15, 0.2) is 0 Å². The maximum atomic E-state index is 12.0. The number of hydrogen-bond donors (Lipinski definition) is 2. The number of alkyl halides is 3. The molecule has 1 unspecified atom stereocenters. The smallest absolute Gasteiger partial charge is 0.271 e. The van der Waals surface area contributed by atoms with Crippen LogP contribution in [0.3, 0.4) is 0 Å². The summed E-state index contributed by atoms with van der Waals surface area (Å²) in [7, 11) is 0. The first-order chi connectivity index (χ1) is 7.42. The average Bonchev–Trinajstić information content (AvgIpc) is 2.20. The SMILES string of the molecule is NNC(CCC(F)(F)F)c1ccc(Cl)cn1. The number of hydrogen-bond acceptors (Lipinski definition) is 3. The van der Waals surface area contributed by atoms with Gasteiger partial charge in [0.25, 0.3) is 0 Å². The molecule has 0 aliphatic carbocycles. The zero-order valence-corrected chi connectivity index (χ0v) is 9.02. The highest BCUT2D eigenvalue weighted by Gasteiger charge is 2.28. The molecule has 0 bridgehead atoms. The summed E-state index contributed by atoms with van der Waals surface area (Å²) in [5.41, 5.74) is 2.75. The Morgan fingerprint density at radius 3 is 2.56 bits per heavy atom. The van der Waals surface area contributed by atoms with Crippen LogP contribution in [0.25, 0.3) is 0 Å². The molecule has 0 saturated heterocycles. The fourth-order valence-electron chi connectivity index (χ4n) is 1.22. The van der Waals surface area contributed by atoms with E-state index in [1.54, 1.807) is 12.1 Å². The lowest BCUT2D eigenvalue weighted by Crippen LogP contribution is -2.29. The number of aromatic nitrogens is 1. The summed E-state index contributed by atoms with van der Waals surface area (Å²) in [4.78, 5) is 3.91. The van der Waals surface area contributed by atoms with Crippen LogP contribution in [-0.2, 0) is 0 Å². The van der Waals surface area contributed by atoms with Gasteiger partial charge >= 0.3 is 6.18 Å². The molecule has 0 amide bonds. The van der Waals surface area contributed by atoms with E-state index in [4.69, 9.17) is 17.4 Å². The van der Waals surface area contributed by atoms with E-state index in [0.717, 1.165) is 0 Å². The van der Waals surface area contributed by atoms with Gasteiger partial charge in [-0.2, -0.15) is 13.2 Å². The molecule has 1 rings (SSSR count). The van der Waals surface area contributed by atoms with E-state index in [0.29, 0.717) is 10.7 Å². The molecule has 0 aliphatic rings. The van der Waals surface area contributed by atoms with Gasteiger partial charge in [0.2, 0.25) is 0 Å². The van der Waals surface area contributed by atoms with Crippen molar-refractivity contribution in [3.8, 4) is 0 Å². The predicted octanol–water partition coefficient (Wildman–Crippen LogP) is 2.58. The standard InChI is InChI=1S/C9H11ClF3N3/c10-6-1-2-7(15-5-6)8(16-14)3-4-9(11,12)13/h1-2,5,8,16H,3-4,14H2. The summed E-state index contributed by atoms with van der Waals surface area (Å²) in [5.74, 6) is 5.18. The molecule has 0 spiro atoms. The molecular formula is C9H11ClF3N3. The Hall–Kier alpha value is -0.850. The highest BCUT2D eigenvalue weighted by Crippen LogP contribution is 2.26. The molecule has 1 aromatic heterocycles. The molecule has 0 radical (unpaired) electrons. The first-order valence-corrected chi connectivity index (χ1v) is 4.94. The van der Waals surface area contributed by atoms with Gasteiger partial charge in [-0.05, 0) is 18.6 Å². The van der Waals surface area contributed by atoms with Gasteiger partial charge in [-0.15, -0.1) is 0 Å². The van der Waals surface area contributed by atoms with Crippen LogP contribution in [-0.4, -0.2) is 11.2 Å². The summed E-state index contributed by atoms with van der Waals surface area (Å²) in [6.45, 7) is 0. The molecule has 0 saturated carbocycles. The van der Waals surface area contributed by atoms with Crippen LogP contribution in [0.2, 0.25) is 5.02 Å². The molecule has 1 atom stereocenters. The summed E-state index contributed by atoms with van der Waals surface area (Å²) in [6, 6.07) is 2.48. The Bertz CT molecular complexity index is 326. The summed E-state index contributed by atoms with van der Waals surface area (Å²) in [5, 5.41) is 0.426. The van der Waals surface area contributed by atoms with Crippen LogP contribution < -0.4 is 11.3 Å². The van der Waals surface area contributed by atoms with Crippen molar-refractivity contribution in [2.75, 3.05) is 0 Å². The van der Waals surface area contributed by atoms with Crippen molar-refractivity contribution in [1.29, 1.82) is 0 Å². The number of nitrogens with one attached hydrogen (secondary N) is 1. The third-order valence-electron chi connectivity index (χ3n) is 2.02. The normalized spacial score (nSPS) is 13.8. The Morgan fingerprint density at radius 1 is 1.44 bits per heavy atom. The van der Waals surface area contributed by atoms with Gasteiger partial charge in [-0.3, -0.25) is 16.3 Å². The van der Waals surface area contributed by atoms with Crippen LogP contribution >= 0.6 is 11.6 Å². The van der Waals surface area contributed by atoms with Crippen molar-refractivity contribution in [3.05, 3.63) is 29.0 Å². The van der Waals surface area contributed by atoms with E-state index in [2.05, 4.69) is 10.4 Å². The summed E-state index contributed by atoms with van der Waals surface area (Å²) >= 11 is 5.62. The quantitative estimate of drug-likeness (QED) is 0.641. The fourth-order valence-corrected chi connectivity index (χ4v) is 1.33. The van der Waals surface area contributed by atoms with Gasteiger partial charge in [0, 0.05) is 12.6 Å². The zero-order valence-electron chi connectivity index (χ0n) is 8.26. The topological polar surface area (TPSA) is 50.9 Å². The van der Waals surface area contributed by atoms with Gasteiger partial charge in [0.1, 0.15) is 0 Å². The second-order valence-corrected chi connectivity index (χ2v) is 3.71. The minimum absolute atomic E-state index is 0.158. The fraction of sp³-hybridized carbons (Fsp3) is 0.444. The van der Waals surface area contributed by atoms with E-state index < -0.39 is 18.6 Å². The molecule has 0 aliphatic heterocycles. The Morgan fingerprint density at radius 2 is 2.12 bits per heavy atom. The number of rotatable bonds is 4. The minimum atomic E-state index is -4.19. The zero-order chi connectivity index (χ0) is 12.2. The van der Waals surface area contributed by atoms with E-state index >= 15 is 0 Å². The van der Waals surface area contributed by atoms with Crippen LogP contribution in [0.15, 0.2) is 18.3 Å². The lowest BCUT2D eigenvalue weighted by Gasteiger charge is -2.16. The van der Waals surface area contributed by atoms with Gasteiger partial charge < -0.3 is 0 Å². The number of nitrogens with two attached hydrogens (primary N) is 1. The number of halogens is 4. The van der Waals surface area contributed by atoms with Gasteiger partial charge in [-0.25, -0.2) is 0 Å². The molecule has 1 aromatic rings. The molecule has 0 fully saturated rings. The number of nitrogens with zero attached hydrogens (tertiary/aromatic N) is 1. The maximum absolute atomic E-state index is 12.0. The van der Waals surface area contributed by atoms with Gasteiger partial charge in [-0.1, -0.05) is 11.6 Å². The minimum Gasteiger partial charge on any atom is -0.271 e. The largest absolute Gasteiger partial charge is 0.389 e. The molecular weight excluding hydrogens is 243 g/mol. The van der Waals surface area contributed by atoms with E-state index in [1.165, 1.54) is 6.20 Å². The van der Waals surface area contributed by atoms with Crippen molar-refractivity contribution in [3.63, 3.8) is 0 Å². The van der Waals surface area contributed by atoms with Crippen LogP contribution in [0, 0.1) is 0 Å². The third-order valence-corrected chi connectivity index (χ3v) is 2.25. The molecule has 3 nitrogen and oxygen atoms in total. The second-order valence-electron chi connectivity index (χ2n) is 3.27. The molecule has 16 heavy (non-hydrogen) atoms. The lowest BCUT2D eigenvalue weighted by atomic mass is 10.1. The maximum Gasteiger partial charge on any atom is 0.389 e. The Balaban J connectivity index is 2.64. The van der Waals surface area contributed by atoms with Crippen molar-refractivity contribution in [2.45, 2.75) is 25.1 Å². The third kappa shape index (κ3) is 4.34. The first-order valence-electron chi connectivity index (χ1n) is 4.56. The summed E-state index contributed by atoms with van der Waals surface area (Å²) < 4.78 is 36.1. The van der Waals surface area contributed by atoms with Crippen molar-refractivity contribution in [2.24, 2.45) is 5.84 Å². The lowest BCUT2D eigenvalue weighted by molar-refractivity contribution is -0.136. The first kappa shape index (κ1) is 13.2. The Labute approximate surface area is 95.8 Å². The highest BCUT2D eigenvalue weighted by atomic mass is 35.5.